The van der Waals surface area contributed by atoms with Gasteiger partial charge in [-0.15, -0.1) is 24.0 Å². The first-order valence-electron chi connectivity index (χ1n) is 8.40. The Bertz CT molecular complexity index is 551. The minimum absolute atomic E-state index is 0. The summed E-state index contributed by atoms with van der Waals surface area (Å²) in [6.07, 6.45) is 8.59. The molecule has 0 aromatic heterocycles. The van der Waals surface area contributed by atoms with Gasteiger partial charge in [-0.25, -0.2) is 0 Å². The summed E-state index contributed by atoms with van der Waals surface area (Å²) in [4.78, 5) is 6.89. The van der Waals surface area contributed by atoms with E-state index >= 15 is 0 Å². The van der Waals surface area contributed by atoms with Crippen molar-refractivity contribution in [3.63, 3.8) is 0 Å². The molecule has 3 nitrogen and oxygen atoms in total. The van der Waals surface area contributed by atoms with Gasteiger partial charge in [-0.3, -0.25) is 4.99 Å². The Kier molecular flexibility index (Phi) is 6.60. The zero-order valence-corrected chi connectivity index (χ0v) is 16.9. The predicted octanol–water partition coefficient (Wildman–Crippen LogP) is 4.57. The number of halogens is 2. The lowest BCUT2D eigenvalue weighted by Gasteiger charge is -2.37. The topological polar surface area (TPSA) is 41.6 Å². The molecular formula is C18H27ClIN3. The lowest BCUT2D eigenvalue weighted by Crippen LogP contribution is -2.39. The van der Waals surface area contributed by atoms with Crippen molar-refractivity contribution in [3.8, 4) is 0 Å². The van der Waals surface area contributed by atoms with Crippen molar-refractivity contribution in [1.29, 1.82) is 0 Å². The molecule has 2 N–H and O–H groups in total. The zero-order chi connectivity index (χ0) is 15.6. The normalized spacial score (nSPS) is 20.7. The third kappa shape index (κ3) is 4.32. The second-order valence-corrected chi connectivity index (χ2v) is 7.24. The summed E-state index contributed by atoms with van der Waals surface area (Å²) < 4.78 is 0. The van der Waals surface area contributed by atoms with Gasteiger partial charge in [-0.2, -0.15) is 0 Å². The van der Waals surface area contributed by atoms with Crippen LogP contribution in [0.2, 0.25) is 5.02 Å². The lowest BCUT2D eigenvalue weighted by atomic mass is 9.69. The largest absolute Gasteiger partial charge is 0.370 e. The van der Waals surface area contributed by atoms with Gasteiger partial charge in [0.15, 0.2) is 5.96 Å². The number of hydrogen-bond donors (Lipinski definition) is 1. The van der Waals surface area contributed by atoms with Crippen molar-refractivity contribution >= 4 is 41.5 Å². The monoisotopic (exact) mass is 447 g/mol. The average molecular weight is 448 g/mol. The Balaban J connectivity index is 0.00000192. The maximum Gasteiger partial charge on any atom is 0.191 e. The molecule has 3 rings (SSSR count). The van der Waals surface area contributed by atoms with Crippen LogP contribution in [0.1, 0.15) is 50.5 Å². The summed E-state index contributed by atoms with van der Waals surface area (Å²) >= 11 is 6.50. The molecule has 2 fully saturated rings. The van der Waals surface area contributed by atoms with Crippen LogP contribution in [-0.2, 0) is 5.41 Å². The van der Waals surface area contributed by atoms with Crippen LogP contribution < -0.4 is 5.73 Å². The molecule has 0 saturated heterocycles. The van der Waals surface area contributed by atoms with Crippen LogP contribution in [0.25, 0.3) is 0 Å². The van der Waals surface area contributed by atoms with Crippen LogP contribution in [0.3, 0.4) is 0 Å². The van der Waals surface area contributed by atoms with E-state index in [0.29, 0.717) is 12.0 Å². The van der Waals surface area contributed by atoms with Crippen LogP contribution >= 0.6 is 35.6 Å². The van der Waals surface area contributed by atoms with Gasteiger partial charge >= 0.3 is 0 Å². The molecule has 0 bridgehead atoms. The Morgan fingerprint density at radius 2 is 1.91 bits per heavy atom. The molecule has 0 amide bonds. The Morgan fingerprint density at radius 1 is 1.26 bits per heavy atom. The number of guanidine groups is 1. The smallest absolute Gasteiger partial charge is 0.191 e. The van der Waals surface area contributed by atoms with Crippen molar-refractivity contribution in [2.45, 2.75) is 56.4 Å². The Hall–Kier alpha value is -0.490. The lowest BCUT2D eigenvalue weighted by molar-refractivity contribution is 0.300. The standard InChI is InChI=1S/C18H26ClN3.HI/c1-22(14-9-10-14)17(20)21-13-18(11-5-2-6-12-18)15-7-3-4-8-16(15)19;/h3-4,7-8,14H,2,5-6,9-13H2,1H3,(H2,20,21);1H. The summed E-state index contributed by atoms with van der Waals surface area (Å²) in [5.74, 6) is 0.680. The third-order valence-corrected chi connectivity index (χ3v) is 5.59. The SMILES string of the molecule is CN(C(N)=NCC1(c2ccccc2Cl)CCCCC1)C1CC1.I. The van der Waals surface area contributed by atoms with Gasteiger partial charge in [0.05, 0.1) is 6.54 Å². The van der Waals surface area contributed by atoms with Gasteiger partial charge in [0.1, 0.15) is 0 Å². The molecule has 0 atom stereocenters. The summed E-state index contributed by atoms with van der Waals surface area (Å²) in [5.41, 5.74) is 7.51. The van der Waals surface area contributed by atoms with Gasteiger partial charge in [0.25, 0.3) is 0 Å². The maximum absolute atomic E-state index is 6.50. The fourth-order valence-corrected chi connectivity index (χ4v) is 3.96. The number of rotatable bonds is 4. The number of nitrogens with two attached hydrogens (primary N) is 1. The summed E-state index contributed by atoms with van der Waals surface area (Å²) in [7, 11) is 2.06. The van der Waals surface area contributed by atoms with E-state index in [1.807, 2.05) is 12.1 Å². The van der Waals surface area contributed by atoms with Gasteiger partial charge in [0, 0.05) is 23.5 Å². The first kappa shape index (κ1) is 18.8. The highest BCUT2D eigenvalue weighted by Crippen LogP contribution is 2.42. The first-order valence-corrected chi connectivity index (χ1v) is 8.78. The van der Waals surface area contributed by atoms with Crippen molar-refractivity contribution in [1.82, 2.24) is 4.90 Å². The molecule has 5 heteroatoms. The van der Waals surface area contributed by atoms with Gasteiger partial charge in [0.2, 0.25) is 0 Å². The van der Waals surface area contributed by atoms with Crippen LogP contribution in [0.5, 0.6) is 0 Å². The minimum Gasteiger partial charge on any atom is -0.370 e. The maximum atomic E-state index is 6.50. The highest BCUT2D eigenvalue weighted by molar-refractivity contribution is 14.0. The number of hydrogen-bond acceptors (Lipinski definition) is 1. The van der Waals surface area contributed by atoms with Gasteiger partial charge in [-0.05, 0) is 37.3 Å². The summed E-state index contributed by atoms with van der Waals surface area (Å²) in [6.45, 7) is 0.750. The molecule has 2 aliphatic carbocycles. The quantitative estimate of drug-likeness (QED) is 0.417. The van der Waals surface area contributed by atoms with E-state index in [1.165, 1.54) is 37.7 Å². The number of aliphatic imine (C=N–C) groups is 1. The molecule has 0 unspecified atom stereocenters. The molecule has 2 aliphatic rings. The molecule has 2 saturated carbocycles. The van der Waals surface area contributed by atoms with Crippen LogP contribution in [-0.4, -0.2) is 30.5 Å². The van der Waals surface area contributed by atoms with E-state index in [-0.39, 0.29) is 29.4 Å². The molecule has 0 radical (unpaired) electrons. The van der Waals surface area contributed by atoms with Crippen molar-refractivity contribution in [3.05, 3.63) is 34.9 Å². The fourth-order valence-electron chi connectivity index (χ4n) is 3.63. The minimum atomic E-state index is 0. The third-order valence-electron chi connectivity index (χ3n) is 5.26. The zero-order valence-electron chi connectivity index (χ0n) is 13.8. The molecule has 1 aromatic carbocycles. The van der Waals surface area contributed by atoms with Crippen molar-refractivity contribution in [2.75, 3.05) is 13.6 Å². The van der Waals surface area contributed by atoms with E-state index in [4.69, 9.17) is 22.3 Å². The van der Waals surface area contributed by atoms with Crippen LogP contribution in [0.4, 0.5) is 0 Å². The second-order valence-electron chi connectivity index (χ2n) is 6.84. The Labute approximate surface area is 161 Å². The molecule has 0 aliphatic heterocycles. The van der Waals surface area contributed by atoms with E-state index < -0.39 is 0 Å². The van der Waals surface area contributed by atoms with Crippen molar-refractivity contribution in [2.24, 2.45) is 10.7 Å². The van der Waals surface area contributed by atoms with Crippen LogP contribution in [0.15, 0.2) is 29.3 Å². The molecule has 0 heterocycles. The van der Waals surface area contributed by atoms with Crippen molar-refractivity contribution < 1.29 is 0 Å². The highest BCUT2D eigenvalue weighted by Gasteiger charge is 2.36. The van der Waals surface area contributed by atoms with E-state index in [2.05, 4.69) is 24.1 Å². The van der Waals surface area contributed by atoms with Crippen LogP contribution in [0, 0.1) is 0 Å². The number of benzene rings is 1. The van der Waals surface area contributed by atoms with E-state index in [0.717, 1.165) is 24.4 Å². The molecule has 23 heavy (non-hydrogen) atoms. The summed E-state index contributed by atoms with van der Waals surface area (Å²) in [5, 5.41) is 0.869. The molecule has 128 valence electrons. The highest BCUT2D eigenvalue weighted by atomic mass is 127. The number of nitrogens with zero attached hydrogens (tertiary/aromatic N) is 2. The molecular weight excluding hydrogens is 421 g/mol. The molecule has 1 aromatic rings. The first-order chi connectivity index (χ1) is 10.6. The van der Waals surface area contributed by atoms with Gasteiger partial charge < -0.3 is 10.6 Å². The van der Waals surface area contributed by atoms with E-state index in [1.54, 1.807) is 0 Å². The Morgan fingerprint density at radius 3 is 2.52 bits per heavy atom. The fraction of sp³-hybridized carbons (Fsp3) is 0.611. The summed E-state index contributed by atoms with van der Waals surface area (Å²) in [6, 6.07) is 8.86. The molecule has 0 spiro atoms. The van der Waals surface area contributed by atoms with Gasteiger partial charge in [-0.1, -0.05) is 49.1 Å². The van der Waals surface area contributed by atoms with E-state index in [9.17, 15) is 0 Å². The predicted molar refractivity (Wildman–Crippen MR) is 109 cm³/mol. The average Bonchev–Trinajstić information content (AvgIpc) is 3.38. The second kappa shape index (κ2) is 8.06.